The van der Waals surface area contributed by atoms with Crippen LogP contribution in [0.15, 0.2) is 30.6 Å². The zero-order chi connectivity index (χ0) is 10.8. The summed E-state index contributed by atoms with van der Waals surface area (Å²) in [6.45, 7) is 1.90. The fraction of sp³-hybridized carbons (Fsp3) is 0.0909. The third kappa shape index (κ3) is 1.93. The number of nitrogens with zero attached hydrogens (tertiary/aromatic N) is 2. The number of anilines is 1. The summed E-state index contributed by atoms with van der Waals surface area (Å²) in [6.07, 6.45) is 2.88. The van der Waals surface area contributed by atoms with Crippen molar-refractivity contribution < 1.29 is 4.39 Å². The first-order valence-electron chi connectivity index (χ1n) is 4.51. The van der Waals surface area contributed by atoms with Crippen molar-refractivity contribution in [2.75, 3.05) is 5.73 Å². The fourth-order valence-electron chi connectivity index (χ4n) is 1.31. The third-order valence-corrected chi connectivity index (χ3v) is 2.07. The van der Waals surface area contributed by atoms with Gasteiger partial charge < -0.3 is 5.73 Å². The second-order valence-electron chi connectivity index (χ2n) is 3.31. The van der Waals surface area contributed by atoms with Crippen LogP contribution in [0.4, 0.5) is 10.2 Å². The summed E-state index contributed by atoms with van der Waals surface area (Å²) in [4.78, 5) is 7.90. The number of hydrogen-bond acceptors (Lipinski definition) is 3. The van der Waals surface area contributed by atoms with Crippen LogP contribution in [0.1, 0.15) is 5.56 Å². The molecule has 2 rings (SSSR count). The maximum Gasteiger partial charge on any atom is 0.141 e. The minimum absolute atomic E-state index is 0.306. The van der Waals surface area contributed by atoms with Crippen molar-refractivity contribution in [2.24, 2.45) is 0 Å². The largest absolute Gasteiger partial charge is 0.382 e. The lowest BCUT2D eigenvalue weighted by molar-refractivity contribution is 0.630. The molecule has 0 aliphatic carbocycles. The van der Waals surface area contributed by atoms with E-state index in [1.807, 2.05) is 6.92 Å². The predicted molar refractivity (Wildman–Crippen MR) is 56.6 cm³/mol. The molecule has 2 N–H and O–H groups in total. The van der Waals surface area contributed by atoms with Crippen LogP contribution in [0.2, 0.25) is 0 Å². The molecule has 0 aliphatic rings. The van der Waals surface area contributed by atoms with E-state index in [0.717, 1.165) is 5.56 Å². The lowest BCUT2D eigenvalue weighted by Crippen LogP contribution is -1.94. The minimum Gasteiger partial charge on any atom is -0.382 e. The summed E-state index contributed by atoms with van der Waals surface area (Å²) >= 11 is 0. The zero-order valence-corrected chi connectivity index (χ0v) is 8.24. The quantitative estimate of drug-likeness (QED) is 0.772. The molecule has 0 amide bonds. The Morgan fingerprint density at radius 2 is 2.00 bits per heavy atom. The normalized spacial score (nSPS) is 10.3. The van der Waals surface area contributed by atoms with E-state index in [0.29, 0.717) is 17.1 Å². The third-order valence-electron chi connectivity index (χ3n) is 2.07. The number of rotatable bonds is 1. The van der Waals surface area contributed by atoms with Gasteiger partial charge in [-0.05, 0) is 19.1 Å². The van der Waals surface area contributed by atoms with Crippen molar-refractivity contribution in [3.8, 4) is 11.3 Å². The van der Waals surface area contributed by atoms with Gasteiger partial charge in [0.1, 0.15) is 11.6 Å². The molecule has 0 fully saturated rings. The molecule has 0 unspecified atom stereocenters. The highest BCUT2D eigenvalue weighted by atomic mass is 19.1. The molecule has 76 valence electrons. The van der Waals surface area contributed by atoms with Crippen LogP contribution in [-0.4, -0.2) is 9.97 Å². The molecule has 2 aromatic rings. The van der Waals surface area contributed by atoms with Gasteiger partial charge in [-0.15, -0.1) is 0 Å². The lowest BCUT2D eigenvalue weighted by Gasteiger charge is -2.03. The smallest absolute Gasteiger partial charge is 0.141 e. The number of aryl methyl sites for hydroxylation is 1. The maximum atomic E-state index is 13.5. The average Bonchev–Trinajstić information content (AvgIpc) is 2.23. The van der Waals surface area contributed by atoms with Gasteiger partial charge >= 0.3 is 0 Å². The molecule has 1 aromatic heterocycles. The molecule has 0 saturated carbocycles. The van der Waals surface area contributed by atoms with Crippen molar-refractivity contribution in [3.63, 3.8) is 0 Å². The zero-order valence-electron chi connectivity index (χ0n) is 8.24. The molecule has 0 bridgehead atoms. The van der Waals surface area contributed by atoms with Crippen molar-refractivity contribution in [1.82, 2.24) is 9.97 Å². The first kappa shape index (κ1) is 9.58. The van der Waals surface area contributed by atoms with E-state index in [1.165, 1.54) is 18.5 Å². The summed E-state index contributed by atoms with van der Waals surface area (Å²) < 4.78 is 13.5. The number of halogens is 1. The van der Waals surface area contributed by atoms with Crippen molar-refractivity contribution >= 4 is 5.82 Å². The van der Waals surface area contributed by atoms with Crippen LogP contribution in [0.3, 0.4) is 0 Å². The van der Waals surface area contributed by atoms with E-state index in [9.17, 15) is 4.39 Å². The Hall–Kier alpha value is -1.97. The number of hydrogen-bond donors (Lipinski definition) is 1. The molecule has 0 radical (unpaired) electrons. The molecule has 3 nitrogen and oxygen atoms in total. The Morgan fingerprint density at radius 1 is 1.20 bits per heavy atom. The standard InChI is InChI=1S/C11H10FN3/c1-7-2-3-9(12)8(4-7)10-5-15-11(13)6-14-10/h2-6H,1H3,(H2,13,15). The molecule has 4 heteroatoms. The molecular weight excluding hydrogens is 193 g/mol. The van der Waals surface area contributed by atoms with Crippen molar-refractivity contribution in [2.45, 2.75) is 6.92 Å². The van der Waals surface area contributed by atoms with Gasteiger partial charge in [0.05, 0.1) is 18.1 Å². The van der Waals surface area contributed by atoms with Gasteiger partial charge in [-0.1, -0.05) is 11.6 Å². The molecule has 0 atom stereocenters. The highest BCUT2D eigenvalue weighted by Crippen LogP contribution is 2.21. The number of nitrogen functional groups attached to an aromatic ring is 1. The molecule has 1 aromatic carbocycles. The van der Waals surface area contributed by atoms with Crippen molar-refractivity contribution in [3.05, 3.63) is 42.0 Å². The van der Waals surface area contributed by atoms with Crippen LogP contribution in [0, 0.1) is 12.7 Å². The number of aromatic nitrogens is 2. The predicted octanol–water partition coefficient (Wildman–Crippen LogP) is 2.17. The van der Waals surface area contributed by atoms with Gasteiger partial charge in [0.2, 0.25) is 0 Å². The SMILES string of the molecule is Cc1ccc(F)c(-c2cnc(N)cn2)c1. The Kier molecular flexibility index (Phi) is 2.33. The Bertz CT molecular complexity index is 480. The molecule has 0 spiro atoms. The Morgan fingerprint density at radius 3 is 2.67 bits per heavy atom. The highest BCUT2D eigenvalue weighted by Gasteiger charge is 2.06. The molecular formula is C11H10FN3. The first-order chi connectivity index (χ1) is 7.16. The van der Waals surface area contributed by atoms with E-state index in [-0.39, 0.29) is 5.82 Å². The van der Waals surface area contributed by atoms with E-state index in [2.05, 4.69) is 9.97 Å². The van der Waals surface area contributed by atoms with Crippen LogP contribution in [0.5, 0.6) is 0 Å². The van der Waals surface area contributed by atoms with Gasteiger partial charge in [0, 0.05) is 5.56 Å². The summed E-state index contributed by atoms with van der Waals surface area (Å²) in [5.41, 5.74) is 7.32. The Balaban J connectivity index is 2.53. The molecule has 0 saturated heterocycles. The van der Waals surface area contributed by atoms with E-state index in [1.54, 1.807) is 12.1 Å². The average molecular weight is 203 g/mol. The Labute approximate surface area is 86.8 Å². The highest BCUT2D eigenvalue weighted by molar-refractivity contribution is 5.60. The summed E-state index contributed by atoms with van der Waals surface area (Å²) in [5, 5.41) is 0. The summed E-state index contributed by atoms with van der Waals surface area (Å²) in [7, 11) is 0. The van der Waals surface area contributed by atoms with Crippen LogP contribution in [-0.2, 0) is 0 Å². The maximum absolute atomic E-state index is 13.5. The van der Waals surface area contributed by atoms with E-state index in [4.69, 9.17) is 5.73 Å². The van der Waals surface area contributed by atoms with Crippen molar-refractivity contribution in [1.29, 1.82) is 0 Å². The molecule has 1 heterocycles. The second-order valence-corrected chi connectivity index (χ2v) is 3.31. The lowest BCUT2D eigenvalue weighted by atomic mass is 10.1. The number of benzene rings is 1. The van der Waals surface area contributed by atoms with E-state index >= 15 is 0 Å². The monoisotopic (exact) mass is 203 g/mol. The van der Waals surface area contributed by atoms with Crippen LogP contribution < -0.4 is 5.73 Å². The van der Waals surface area contributed by atoms with Gasteiger partial charge in [0.25, 0.3) is 0 Å². The molecule has 15 heavy (non-hydrogen) atoms. The summed E-state index contributed by atoms with van der Waals surface area (Å²) in [6, 6.07) is 4.86. The van der Waals surface area contributed by atoms with E-state index < -0.39 is 0 Å². The van der Waals surface area contributed by atoms with Gasteiger partial charge in [-0.25, -0.2) is 9.37 Å². The molecule has 0 aliphatic heterocycles. The minimum atomic E-state index is -0.306. The van der Waals surface area contributed by atoms with Gasteiger partial charge in [-0.3, -0.25) is 4.98 Å². The van der Waals surface area contributed by atoms with Gasteiger partial charge in [-0.2, -0.15) is 0 Å². The first-order valence-corrected chi connectivity index (χ1v) is 4.51. The van der Waals surface area contributed by atoms with Crippen LogP contribution in [0.25, 0.3) is 11.3 Å². The van der Waals surface area contributed by atoms with Gasteiger partial charge in [0.15, 0.2) is 0 Å². The second kappa shape index (κ2) is 3.65. The number of nitrogens with two attached hydrogens (primary N) is 1. The fourth-order valence-corrected chi connectivity index (χ4v) is 1.31. The van der Waals surface area contributed by atoms with Crippen LogP contribution >= 0.6 is 0 Å². The topological polar surface area (TPSA) is 51.8 Å². The summed E-state index contributed by atoms with van der Waals surface area (Å²) in [5.74, 6) is 0.0199.